The molecule has 6 heteroatoms. The van der Waals surface area contributed by atoms with Gasteiger partial charge in [-0.25, -0.2) is 0 Å². The Labute approximate surface area is 133 Å². The fraction of sp³-hybridized carbons (Fsp3) is 0.467. The Morgan fingerprint density at radius 1 is 1.33 bits per heavy atom. The number of hydrogen-bond donors (Lipinski definition) is 1. The van der Waals surface area contributed by atoms with Gasteiger partial charge in [0.05, 0.1) is 20.2 Å². The summed E-state index contributed by atoms with van der Waals surface area (Å²) in [4.78, 5) is 25.2. The zero-order valence-electron chi connectivity index (χ0n) is 12.6. The Hall–Kier alpha value is -1.40. The van der Waals surface area contributed by atoms with Crippen LogP contribution in [0.4, 0.5) is 5.69 Å². The van der Waals surface area contributed by atoms with Gasteiger partial charge in [-0.05, 0) is 43.7 Å². The van der Waals surface area contributed by atoms with Crippen molar-refractivity contribution in [3.05, 3.63) is 28.2 Å². The largest absolute Gasteiger partial charge is 0.468 e. The predicted octanol–water partition coefficient (Wildman–Crippen LogP) is 2.58. The standard InChI is InChI=1S/C15H21BrN2O3/c1-4-7-18(10-15(20)21-3)9-14(19)17-13-6-5-12(16)8-11(13)2/h5-6,8H,4,7,9-10H2,1-3H3,(H,17,19). The fourth-order valence-electron chi connectivity index (χ4n) is 1.94. The molecule has 0 unspecified atom stereocenters. The van der Waals surface area contributed by atoms with Crippen molar-refractivity contribution in [1.29, 1.82) is 0 Å². The first-order valence-corrected chi connectivity index (χ1v) is 7.60. The van der Waals surface area contributed by atoms with E-state index in [1.807, 2.05) is 32.0 Å². The maximum Gasteiger partial charge on any atom is 0.319 e. The number of aryl methyl sites for hydroxylation is 1. The number of halogens is 1. The van der Waals surface area contributed by atoms with E-state index < -0.39 is 0 Å². The van der Waals surface area contributed by atoms with Crippen molar-refractivity contribution in [2.24, 2.45) is 0 Å². The van der Waals surface area contributed by atoms with Gasteiger partial charge in [-0.1, -0.05) is 22.9 Å². The molecule has 0 saturated carbocycles. The predicted molar refractivity (Wildman–Crippen MR) is 86.3 cm³/mol. The summed E-state index contributed by atoms with van der Waals surface area (Å²) in [6.07, 6.45) is 0.863. The van der Waals surface area contributed by atoms with E-state index in [4.69, 9.17) is 0 Å². The Kier molecular flexibility index (Phi) is 7.39. The topological polar surface area (TPSA) is 58.6 Å². The Morgan fingerprint density at radius 3 is 2.62 bits per heavy atom. The third-order valence-electron chi connectivity index (χ3n) is 2.95. The second-order valence-electron chi connectivity index (χ2n) is 4.79. The van der Waals surface area contributed by atoms with Crippen LogP contribution in [0, 0.1) is 6.92 Å². The summed E-state index contributed by atoms with van der Waals surface area (Å²) in [5.41, 5.74) is 1.76. The molecule has 1 aromatic rings. The summed E-state index contributed by atoms with van der Waals surface area (Å²) < 4.78 is 5.61. The van der Waals surface area contributed by atoms with Crippen molar-refractivity contribution in [2.75, 3.05) is 32.1 Å². The Balaban J connectivity index is 2.62. The molecule has 1 amide bonds. The number of rotatable bonds is 7. The molecule has 0 radical (unpaired) electrons. The summed E-state index contributed by atoms with van der Waals surface area (Å²) in [6, 6.07) is 5.66. The maximum atomic E-state index is 12.1. The van der Waals surface area contributed by atoms with Gasteiger partial charge < -0.3 is 10.1 Å². The molecule has 0 heterocycles. The Bertz CT molecular complexity index is 506. The molecule has 0 atom stereocenters. The number of nitrogens with zero attached hydrogens (tertiary/aromatic N) is 1. The van der Waals surface area contributed by atoms with Crippen molar-refractivity contribution in [2.45, 2.75) is 20.3 Å². The number of esters is 1. The van der Waals surface area contributed by atoms with Crippen LogP contribution in [0.1, 0.15) is 18.9 Å². The number of benzene rings is 1. The van der Waals surface area contributed by atoms with Gasteiger partial charge in [-0.2, -0.15) is 0 Å². The highest BCUT2D eigenvalue weighted by Crippen LogP contribution is 2.19. The van der Waals surface area contributed by atoms with Gasteiger partial charge in [-0.15, -0.1) is 0 Å². The van der Waals surface area contributed by atoms with E-state index in [-0.39, 0.29) is 25.0 Å². The monoisotopic (exact) mass is 356 g/mol. The van der Waals surface area contributed by atoms with Crippen molar-refractivity contribution in [3.8, 4) is 0 Å². The van der Waals surface area contributed by atoms with Crippen molar-refractivity contribution >= 4 is 33.5 Å². The van der Waals surface area contributed by atoms with Crippen LogP contribution in [0.3, 0.4) is 0 Å². The molecule has 5 nitrogen and oxygen atoms in total. The molecule has 0 aromatic heterocycles. The van der Waals surface area contributed by atoms with E-state index in [0.29, 0.717) is 6.54 Å². The van der Waals surface area contributed by atoms with Gasteiger partial charge in [0.2, 0.25) is 5.91 Å². The second-order valence-corrected chi connectivity index (χ2v) is 5.71. The van der Waals surface area contributed by atoms with Crippen LogP contribution in [0.15, 0.2) is 22.7 Å². The lowest BCUT2D eigenvalue weighted by atomic mass is 10.2. The molecule has 0 spiro atoms. The van der Waals surface area contributed by atoms with Crippen LogP contribution in [0.25, 0.3) is 0 Å². The quantitative estimate of drug-likeness (QED) is 0.762. The molecule has 21 heavy (non-hydrogen) atoms. The summed E-state index contributed by atoms with van der Waals surface area (Å²) in [7, 11) is 1.34. The molecule has 1 rings (SSSR count). The van der Waals surface area contributed by atoms with E-state index in [1.165, 1.54) is 7.11 Å². The van der Waals surface area contributed by atoms with Gasteiger partial charge in [0.1, 0.15) is 0 Å². The lowest BCUT2D eigenvalue weighted by Gasteiger charge is -2.20. The highest BCUT2D eigenvalue weighted by molar-refractivity contribution is 9.10. The zero-order valence-corrected chi connectivity index (χ0v) is 14.2. The molecule has 0 aliphatic heterocycles. The number of carbonyl (C=O) groups excluding carboxylic acids is 2. The van der Waals surface area contributed by atoms with Crippen LogP contribution in [-0.2, 0) is 14.3 Å². The number of amides is 1. The average molecular weight is 357 g/mol. The summed E-state index contributed by atoms with van der Waals surface area (Å²) in [5.74, 6) is -0.478. The first kappa shape index (κ1) is 17.7. The van der Waals surface area contributed by atoms with Gasteiger partial charge in [0.25, 0.3) is 0 Å². The molecular weight excluding hydrogens is 336 g/mol. The minimum atomic E-state index is -0.337. The molecule has 1 N–H and O–H groups in total. The first-order chi connectivity index (χ1) is 9.96. The number of carbonyl (C=O) groups is 2. The van der Waals surface area contributed by atoms with E-state index in [9.17, 15) is 9.59 Å². The molecule has 0 aliphatic rings. The molecule has 116 valence electrons. The van der Waals surface area contributed by atoms with Crippen molar-refractivity contribution in [3.63, 3.8) is 0 Å². The van der Waals surface area contributed by atoms with Crippen LogP contribution in [-0.4, -0.2) is 43.5 Å². The number of anilines is 1. The first-order valence-electron chi connectivity index (χ1n) is 6.81. The molecule has 0 fully saturated rings. The summed E-state index contributed by atoms with van der Waals surface area (Å²) in [6.45, 7) is 4.89. The number of ether oxygens (including phenoxy) is 1. The zero-order chi connectivity index (χ0) is 15.8. The van der Waals surface area contributed by atoms with Crippen molar-refractivity contribution < 1.29 is 14.3 Å². The third kappa shape index (κ3) is 6.27. The molecule has 1 aromatic carbocycles. The SMILES string of the molecule is CCCN(CC(=O)Nc1ccc(Br)cc1C)CC(=O)OC. The van der Waals surface area contributed by atoms with E-state index in [0.717, 1.165) is 22.1 Å². The highest BCUT2D eigenvalue weighted by atomic mass is 79.9. The fourth-order valence-corrected chi connectivity index (χ4v) is 2.41. The van der Waals surface area contributed by atoms with E-state index in [2.05, 4.69) is 26.0 Å². The van der Waals surface area contributed by atoms with Gasteiger partial charge in [-0.3, -0.25) is 14.5 Å². The smallest absolute Gasteiger partial charge is 0.319 e. The van der Waals surface area contributed by atoms with Crippen LogP contribution >= 0.6 is 15.9 Å². The average Bonchev–Trinajstić information content (AvgIpc) is 2.42. The third-order valence-corrected chi connectivity index (χ3v) is 3.44. The van der Waals surface area contributed by atoms with Gasteiger partial charge in [0, 0.05) is 10.2 Å². The molecule has 0 bridgehead atoms. The second kappa shape index (κ2) is 8.79. The summed E-state index contributed by atoms with van der Waals surface area (Å²) >= 11 is 3.39. The lowest BCUT2D eigenvalue weighted by molar-refractivity contribution is -0.142. The minimum Gasteiger partial charge on any atom is -0.468 e. The van der Waals surface area contributed by atoms with Crippen LogP contribution < -0.4 is 5.32 Å². The molecular formula is C15H21BrN2O3. The number of methoxy groups -OCH3 is 1. The normalized spacial score (nSPS) is 10.5. The van der Waals surface area contributed by atoms with Gasteiger partial charge in [0.15, 0.2) is 0 Å². The lowest BCUT2D eigenvalue weighted by Crippen LogP contribution is -2.37. The molecule has 0 aliphatic carbocycles. The maximum absolute atomic E-state index is 12.1. The highest BCUT2D eigenvalue weighted by Gasteiger charge is 2.14. The van der Waals surface area contributed by atoms with E-state index in [1.54, 1.807) is 4.90 Å². The van der Waals surface area contributed by atoms with Crippen LogP contribution in [0.2, 0.25) is 0 Å². The number of hydrogen-bond acceptors (Lipinski definition) is 4. The number of nitrogens with one attached hydrogen (secondary N) is 1. The van der Waals surface area contributed by atoms with Crippen LogP contribution in [0.5, 0.6) is 0 Å². The molecule has 0 saturated heterocycles. The Morgan fingerprint density at radius 2 is 2.05 bits per heavy atom. The van der Waals surface area contributed by atoms with E-state index >= 15 is 0 Å². The van der Waals surface area contributed by atoms with Gasteiger partial charge >= 0.3 is 5.97 Å². The summed E-state index contributed by atoms with van der Waals surface area (Å²) in [5, 5.41) is 2.86. The van der Waals surface area contributed by atoms with Crippen molar-refractivity contribution in [1.82, 2.24) is 4.90 Å². The minimum absolute atomic E-state index is 0.122.